The number of benzene rings is 3. The maximum Gasteiger partial charge on any atom is 0.261 e. The second kappa shape index (κ2) is 8.01. The standard InChI is InChI=1S/C23H18N4O2S/c1-14(21(28)25-18-9-7-15(13-24)8-10-18)30-23-26-20-12-17-6-4-3-5-16(17)11-19(20)22(29)27(23)2/h3-12,14H,1-2H3,(H,25,28)/t14-/m0/s1. The van der Waals surface area contributed by atoms with Crippen LogP contribution in [0.25, 0.3) is 21.7 Å². The van der Waals surface area contributed by atoms with Crippen LogP contribution in [0.3, 0.4) is 0 Å². The summed E-state index contributed by atoms with van der Waals surface area (Å²) >= 11 is 1.23. The summed E-state index contributed by atoms with van der Waals surface area (Å²) in [5.74, 6) is -0.211. The Morgan fingerprint density at radius 1 is 1.13 bits per heavy atom. The van der Waals surface area contributed by atoms with Gasteiger partial charge in [0.05, 0.1) is 27.8 Å². The summed E-state index contributed by atoms with van der Waals surface area (Å²) < 4.78 is 1.48. The van der Waals surface area contributed by atoms with Crippen LogP contribution in [-0.4, -0.2) is 20.7 Å². The van der Waals surface area contributed by atoms with E-state index in [-0.39, 0.29) is 11.5 Å². The molecule has 148 valence electrons. The first kappa shape index (κ1) is 19.7. The van der Waals surface area contributed by atoms with Gasteiger partial charge in [0.25, 0.3) is 5.56 Å². The fraction of sp³-hybridized carbons (Fsp3) is 0.130. The first-order valence-electron chi connectivity index (χ1n) is 9.33. The Morgan fingerprint density at radius 2 is 1.80 bits per heavy atom. The van der Waals surface area contributed by atoms with Gasteiger partial charge in [0.1, 0.15) is 0 Å². The van der Waals surface area contributed by atoms with Gasteiger partial charge < -0.3 is 5.32 Å². The Hall–Kier alpha value is -3.63. The van der Waals surface area contributed by atoms with Crippen molar-refractivity contribution in [2.24, 2.45) is 7.05 Å². The molecule has 0 fully saturated rings. The Morgan fingerprint density at radius 3 is 2.47 bits per heavy atom. The lowest BCUT2D eigenvalue weighted by molar-refractivity contribution is -0.115. The van der Waals surface area contributed by atoms with Crippen molar-refractivity contribution in [1.29, 1.82) is 5.26 Å². The lowest BCUT2D eigenvalue weighted by atomic mass is 10.1. The Balaban J connectivity index is 1.61. The van der Waals surface area contributed by atoms with Gasteiger partial charge in [-0.2, -0.15) is 5.26 Å². The van der Waals surface area contributed by atoms with Crippen molar-refractivity contribution in [2.45, 2.75) is 17.3 Å². The molecule has 0 unspecified atom stereocenters. The van der Waals surface area contributed by atoms with Gasteiger partial charge in [0.2, 0.25) is 5.91 Å². The zero-order chi connectivity index (χ0) is 21.3. The minimum absolute atomic E-state index is 0.145. The van der Waals surface area contributed by atoms with Gasteiger partial charge in [0, 0.05) is 12.7 Å². The van der Waals surface area contributed by atoms with Crippen LogP contribution in [0.5, 0.6) is 0 Å². The van der Waals surface area contributed by atoms with Gasteiger partial charge in [-0.05, 0) is 54.1 Å². The maximum absolute atomic E-state index is 12.9. The number of carbonyl (C=O) groups is 1. The molecule has 1 amide bonds. The predicted octanol–water partition coefficient (Wildman–Crippen LogP) is 4.08. The van der Waals surface area contributed by atoms with Crippen molar-refractivity contribution in [1.82, 2.24) is 9.55 Å². The fourth-order valence-corrected chi connectivity index (χ4v) is 4.00. The molecule has 30 heavy (non-hydrogen) atoms. The summed E-state index contributed by atoms with van der Waals surface area (Å²) in [5.41, 5.74) is 1.60. The van der Waals surface area contributed by atoms with E-state index in [0.29, 0.717) is 27.3 Å². The van der Waals surface area contributed by atoms with Crippen LogP contribution in [0, 0.1) is 11.3 Å². The molecule has 0 spiro atoms. The number of nitrogens with one attached hydrogen (secondary N) is 1. The van der Waals surface area contributed by atoms with Crippen molar-refractivity contribution in [2.75, 3.05) is 5.32 Å². The number of carbonyl (C=O) groups excluding carboxylic acids is 1. The van der Waals surface area contributed by atoms with E-state index in [4.69, 9.17) is 5.26 Å². The number of hydrogen-bond donors (Lipinski definition) is 1. The fourth-order valence-electron chi connectivity index (χ4n) is 3.13. The second-order valence-corrected chi connectivity index (χ2v) is 8.22. The van der Waals surface area contributed by atoms with Crippen molar-refractivity contribution < 1.29 is 4.79 Å². The predicted molar refractivity (Wildman–Crippen MR) is 120 cm³/mol. The minimum Gasteiger partial charge on any atom is -0.325 e. The monoisotopic (exact) mass is 414 g/mol. The van der Waals surface area contributed by atoms with E-state index < -0.39 is 5.25 Å². The number of nitrogens with zero attached hydrogens (tertiary/aromatic N) is 3. The van der Waals surface area contributed by atoms with Gasteiger partial charge in [-0.1, -0.05) is 36.0 Å². The number of anilines is 1. The Labute approximate surface area is 177 Å². The summed E-state index contributed by atoms with van der Waals surface area (Å²) in [7, 11) is 1.66. The van der Waals surface area contributed by atoms with E-state index in [1.54, 1.807) is 38.2 Å². The summed E-state index contributed by atoms with van der Waals surface area (Å²) in [5, 5.41) is 14.2. The molecular weight excluding hydrogens is 396 g/mol. The van der Waals surface area contributed by atoms with E-state index >= 15 is 0 Å². The molecule has 0 radical (unpaired) electrons. The van der Waals surface area contributed by atoms with Crippen molar-refractivity contribution in [3.05, 3.63) is 76.6 Å². The number of amides is 1. The first-order valence-corrected chi connectivity index (χ1v) is 10.2. The van der Waals surface area contributed by atoms with E-state index in [1.165, 1.54) is 16.3 Å². The minimum atomic E-state index is -0.475. The van der Waals surface area contributed by atoms with E-state index in [9.17, 15) is 9.59 Å². The molecule has 1 atom stereocenters. The Kier molecular flexibility index (Phi) is 5.25. The molecule has 0 saturated heterocycles. The largest absolute Gasteiger partial charge is 0.325 e. The van der Waals surface area contributed by atoms with Crippen LogP contribution >= 0.6 is 11.8 Å². The van der Waals surface area contributed by atoms with Gasteiger partial charge in [-0.15, -0.1) is 0 Å². The quantitative estimate of drug-likeness (QED) is 0.309. The van der Waals surface area contributed by atoms with Crippen LogP contribution in [0.2, 0.25) is 0 Å². The molecule has 0 aliphatic rings. The third-order valence-electron chi connectivity index (χ3n) is 4.84. The summed E-state index contributed by atoms with van der Waals surface area (Å²) in [6.07, 6.45) is 0. The van der Waals surface area contributed by atoms with Crippen LogP contribution < -0.4 is 10.9 Å². The number of hydrogen-bond acceptors (Lipinski definition) is 5. The highest BCUT2D eigenvalue weighted by molar-refractivity contribution is 8.00. The molecule has 0 saturated carbocycles. The van der Waals surface area contributed by atoms with Crippen LogP contribution in [0.15, 0.2) is 70.6 Å². The van der Waals surface area contributed by atoms with Crippen LogP contribution in [0.1, 0.15) is 12.5 Å². The highest BCUT2D eigenvalue weighted by atomic mass is 32.2. The van der Waals surface area contributed by atoms with Crippen LogP contribution in [0.4, 0.5) is 5.69 Å². The molecule has 0 aliphatic carbocycles. The number of rotatable bonds is 4. The zero-order valence-corrected chi connectivity index (χ0v) is 17.2. The van der Waals surface area contributed by atoms with Gasteiger partial charge >= 0.3 is 0 Å². The number of aromatic nitrogens is 2. The maximum atomic E-state index is 12.9. The third kappa shape index (κ3) is 3.78. The van der Waals surface area contributed by atoms with Gasteiger partial charge in [-0.25, -0.2) is 4.98 Å². The molecule has 0 bridgehead atoms. The number of thioether (sulfide) groups is 1. The van der Waals surface area contributed by atoms with Gasteiger partial charge in [0.15, 0.2) is 5.16 Å². The van der Waals surface area contributed by atoms with E-state index in [0.717, 1.165) is 10.8 Å². The van der Waals surface area contributed by atoms with Crippen molar-refractivity contribution >= 4 is 45.0 Å². The molecule has 0 aliphatic heterocycles. The average Bonchev–Trinajstić information content (AvgIpc) is 2.76. The van der Waals surface area contributed by atoms with Crippen molar-refractivity contribution in [3.63, 3.8) is 0 Å². The molecule has 1 aromatic heterocycles. The van der Waals surface area contributed by atoms with Crippen LogP contribution in [-0.2, 0) is 11.8 Å². The highest BCUT2D eigenvalue weighted by Crippen LogP contribution is 2.25. The summed E-state index contributed by atoms with van der Waals surface area (Å²) in [6, 6.07) is 20.3. The Bertz CT molecular complexity index is 1370. The number of nitriles is 1. The first-order chi connectivity index (χ1) is 14.5. The molecule has 3 aromatic carbocycles. The molecule has 7 heteroatoms. The molecule has 1 heterocycles. The van der Waals surface area contributed by atoms with E-state index in [1.807, 2.05) is 42.5 Å². The average molecular weight is 414 g/mol. The summed E-state index contributed by atoms with van der Waals surface area (Å²) in [6.45, 7) is 1.76. The molecular formula is C23H18N4O2S. The molecule has 1 N–H and O–H groups in total. The second-order valence-electron chi connectivity index (χ2n) is 6.91. The molecule has 6 nitrogen and oxygen atoms in total. The third-order valence-corrected chi connectivity index (χ3v) is 5.98. The van der Waals surface area contributed by atoms with Gasteiger partial charge in [-0.3, -0.25) is 14.2 Å². The smallest absolute Gasteiger partial charge is 0.261 e. The molecule has 4 aromatic rings. The lowest BCUT2D eigenvalue weighted by Gasteiger charge is -2.14. The summed E-state index contributed by atoms with van der Waals surface area (Å²) in [4.78, 5) is 30.1. The topological polar surface area (TPSA) is 87.8 Å². The highest BCUT2D eigenvalue weighted by Gasteiger charge is 2.19. The number of fused-ring (bicyclic) bond motifs is 2. The van der Waals surface area contributed by atoms with Crippen molar-refractivity contribution in [3.8, 4) is 6.07 Å². The lowest BCUT2D eigenvalue weighted by Crippen LogP contribution is -2.25. The van der Waals surface area contributed by atoms with E-state index in [2.05, 4.69) is 10.3 Å². The molecule has 4 rings (SSSR count). The zero-order valence-electron chi connectivity index (χ0n) is 16.4. The normalized spacial score (nSPS) is 11.9. The SMILES string of the molecule is C[C@H](Sc1nc2cc3ccccc3cc2c(=O)n1C)C(=O)Nc1ccc(C#N)cc1.